The van der Waals surface area contributed by atoms with Gasteiger partial charge in [-0.3, -0.25) is 10.1 Å². The Kier molecular flexibility index (Phi) is 10.7. The molecule has 0 aliphatic heterocycles. The van der Waals surface area contributed by atoms with E-state index in [0.717, 1.165) is 4.68 Å². The zero-order chi connectivity index (χ0) is 21.3. The number of para-hydroxylation sites is 1. The largest absolute Gasteiger partial charge is 3.00 e. The maximum atomic E-state index is 12.5. The summed E-state index contributed by atoms with van der Waals surface area (Å²) >= 11 is 0. The van der Waals surface area contributed by atoms with Gasteiger partial charge in [0, 0.05) is 18.0 Å². The second kappa shape index (κ2) is 11.5. The number of benzene rings is 2. The molecule has 0 fully saturated rings. The van der Waals surface area contributed by atoms with Crippen molar-refractivity contribution in [3.05, 3.63) is 58.3 Å². The quantitative estimate of drug-likeness (QED) is 0.120. The van der Waals surface area contributed by atoms with Gasteiger partial charge in [-0.25, -0.2) is 13.1 Å². The fraction of sp³-hybridized carbons (Fsp3) is 0.0625. The molecule has 2 aromatic carbocycles. The average molecular weight is 509 g/mol. The van der Waals surface area contributed by atoms with Crippen LogP contribution in [0.15, 0.2) is 57.6 Å². The van der Waals surface area contributed by atoms with E-state index in [2.05, 4.69) is 15.3 Å². The Balaban J connectivity index is 0.00000320. The number of nitrogens with zero attached hydrogens (tertiary/aromatic N) is 5. The van der Waals surface area contributed by atoms with Crippen molar-refractivity contribution in [2.45, 2.75) is 11.8 Å². The summed E-state index contributed by atoms with van der Waals surface area (Å²) in [6.45, 7) is 1.45. The fourth-order valence-corrected chi connectivity index (χ4v) is 3.00. The number of nitro benzene ring substituents is 1. The van der Waals surface area contributed by atoms with E-state index in [1.165, 1.54) is 6.92 Å². The number of hydrogen-bond donors (Lipinski definition) is 0. The summed E-state index contributed by atoms with van der Waals surface area (Å²) < 4.78 is 34.7. The van der Waals surface area contributed by atoms with Crippen LogP contribution in [-0.4, -0.2) is 33.2 Å². The SMILES string of the molecule is Cc1nn(-c2ccccc2)c([O-])c1N=Nc1cc([N+](=O)[O-])cc(S(=O)(=O)[O-])c1[O-].O.[Cr+3].[Na+]. The van der Waals surface area contributed by atoms with Gasteiger partial charge in [-0.05, 0) is 19.1 Å². The third-order valence-electron chi connectivity index (χ3n) is 3.75. The molecule has 161 valence electrons. The monoisotopic (exact) mass is 509 g/mol. The molecule has 0 saturated heterocycles. The molecule has 0 amide bonds. The minimum absolute atomic E-state index is 0. The van der Waals surface area contributed by atoms with Gasteiger partial charge in [0.05, 0.1) is 26.9 Å². The maximum absolute atomic E-state index is 12.5. The molecular weight excluding hydrogens is 497 g/mol. The molecule has 0 atom stereocenters. The number of aryl methyl sites for hydroxylation is 1. The molecule has 0 bridgehead atoms. The summed E-state index contributed by atoms with van der Waals surface area (Å²) in [4.78, 5) is 8.63. The number of azo groups is 1. The van der Waals surface area contributed by atoms with E-state index in [1.807, 2.05) is 0 Å². The molecule has 0 aliphatic rings. The minimum Gasteiger partial charge on any atom is -0.870 e. The summed E-state index contributed by atoms with van der Waals surface area (Å²) in [7, 11) is -5.29. The first kappa shape index (κ1) is 29.7. The van der Waals surface area contributed by atoms with Crippen molar-refractivity contribution in [2.24, 2.45) is 10.2 Å². The van der Waals surface area contributed by atoms with Gasteiger partial charge in [-0.15, -0.1) is 5.11 Å². The second-order valence-corrected chi connectivity index (χ2v) is 7.04. The molecule has 0 spiro atoms. The fourth-order valence-electron chi connectivity index (χ4n) is 2.40. The predicted octanol–water partition coefficient (Wildman–Crippen LogP) is -2.27. The van der Waals surface area contributed by atoms with Crippen LogP contribution in [0.5, 0.6) is 11.6 Å². The molecule has 0 aliphatic carbocycles. The molecule has 13 nitrogen and oxygen atoms in total. The average Bonchev–Trinajstić information content (AvgIpc) is 2.94. The Hall–Kier alpha value is -2.35. The molecule has 3 aromatic rings. The zero-order valence-electron chi connectivity index (χ0n) is 16.5. The molecule has 2 N–H and O–H groups in total. The molecule has 0 saturated carbocycles. The molecular formula is C16H12CrN5NaO8S+. The number of hydrogen-bond acceptors (Lipinski definition) is 10. The van der Waals surface area contributed by atoms with Crippen molar-refractivity contribution in [2.75, 3.05) is 0 Å². The van der Waals surface area contributed by atoms with Crippen molar-refractivity contribution in [1.29, 1.82) is 0 Å². The third-order valence-corrected chi connectivity index (χ3v) is 4.59. The van der Waals surface area contributed by atoms with Crippen LogP contribution in [0.2, 0.25) is 0 Å². The number of rotatable bonds is 5. The number of nitro groups is 1. The Morgan fingerprint density at radius 2 is 1.69 bits per heavy atom. The van der Waals surface area contributed by atoms with E-state index in [-0.39, 0.29) is 63.8 Å². The molecule has 1 heterocycles. The Morgan fingerprint density at radius 1 is 1.09 bits per heavy atom. The van der Waals surface area contributed by atoms with E-state index in [4.69, 9.17) is 0 Å². The summed E-state index contributed by atoms with van der Waals surface area (Å²) in [5.41, 5.74) is -1.28. The standard InChI is InChI=1S/C16H13N5O7S.Cr.Na.H2O/c1-9-14(16(23)20(19-9)10-5-3-2-4-6-10)18-17-12-7-11(21(24)25)8-13(15(12)22)29(26,27)28;;;/h2-8,22-23H,1H3,(H,26,27,28);;;1H2/q;+3;+1;/p-3. The third kappa shape index (κ3) is 6.12. The van der Waals surface area contributed by atoms with Crippen LogP contribution in [0.3, 0.4) is 0 Å². The number of non-ortho nitro benzene ring substituents is 1. The van der Waals surface area contributed by atoms with Gasteiger partial charge < -0.3 is 20.2 Å². The summed E-state index contributed by atoms with van der Waals surface area (Å²) in [5, 5.41) is 46.7. The zero-order valence-corrected chi connectivity index (χ0v) is 20.5. The summed E-state index contributed by atoms with van der Waals surface area (Å²) in [5.74, 6) is -2.04. The predicted molar refractivity (Wildman–Crippen MR) is 96.0 cm³/mol. The molecule has 16 heteroatoms. The van der Waals surface area contributed by atoms with Crippen molar-refractivity contribution in [3.63, 3.8) is 0 Å². The van der Waals surface area contributed by atoms with Gasteiger partial charge in [-0.1, -0.05) is 23.9 Å². The topological polar surface area (TPSA) is 220 Å². The van der Waals surface area contributed by atoms with Crippen LogP contribution in [0, 0.1) is 17.0 Å². The van der Waals surface area contributed by atoms with E-state index < -0.39 is 42.9 Å². The molecule has 0 unspecified atom stereocenters. The smallest absolute Gasteiger partial charge is 0.870 e. The van der Waals surface area contributed by atoms with Crippen LogP contribution in [0.1, 0.15) is 5.69 Å². The van der Waals surface area contributed by atoms with E-state index in [0.29, 0.717) is 17.8 Å². The minimum atomic E-state index is -5.29. The van der Waals surface area contributed by atoms with Gasteiger partial charge >= 0.3 is 46.9 Å². The Labute approximate surface area is 214 Å². The van der Waals surface area contributed by atoms with Gasteiger partial charge in [0.25, 0.3) is 5.69 Å². The van der Waals surface area contributed by atoms with Crippen molar-refractivity contribution < 1.29 is 80.5 Å². The normalized spacial score (nSPS) is 10.7. The van der Waals surface area contributed by atoms with Crippen molar-refractivity contribution >= 4 is 27.2 Å². The van der Waals surface area contributed by atoms with Crippen LogP contribution in [0.4, 0.5) is 17.1 Å². The van der Waals surface area contributed by atoms with Crippen LogP contribution < -0.4 is 39.8 Å². The molecule has 3 rings (SSSR count). The first-order valence-corrected chi connectivity index (χ1v) is 9.19. The van der Waals surface area contributed by atoms with Gasteiger partial charge in [0.2, 0.25) is 0 Å². The maximum Gasteiger partial charge on any atom is 3.00 e. The first-order chi connectivity index (χ1) is 13.6. The van der Waals surface area contributed by atoms with Crippen LogP contribution in [0.25, 0.3) is 5.69 Å². The van der Waals surface area contributed by atoms with Crippen LogP contribution in [-0.2, 0) is 27.5 Å². The van der Waals surface area contributed by atoms with E-state index in [1.54, 1.807) is 30.3 Å². The number of aromatic nitrogens is 2. The van der Waals surface area contributed by atoms with Crippen molar-refractivity contribution in [1.82, 2.24) is 9.78 Å². The van der Waals surface area contributed by atoms with Gasteiger partial charge in [0.1, 0.15) is 15.8 Å². The van der Waals surface area contributed by atoms with Gasteiger partial charge in [-0.2, -0.15) is 10.2 Å². The van der Waals surface area contributed by atoms with Gasteiger partial charge in [0.15, 0.2) is 0 Å². The second-order valence-electron chi connectivity index (χ2n) is 5.69. The van der Waals surface area contributed by atoms with Crippen LogP contribution >= 0.6 is 0 Å². The Morgan fingerprint density at radius 3 is 2.22 bits per heavy atom. The first-order valence-electron chi connectivity index (χ1n) is 7.78. The molecule has 1 radical (unpaired) electrons. The summed E-state index contributed by atoms with van der Waals surface area (Å²) in [6, 6.07) is 9.36. The van der Waals surface area contributed by atoms with Crippen molar-refractivity contribution in [3.8, 4) is 17.3 Å². The van der Waals surface area contributed by atoms with E-state index >= 15 is 0 Å². The Bertz CT molecular complexity index is 1250. The molecule has 1 aromatic heterocycles. The van der Waals surface area contributed by atoms with E-state index in [9.17, 15) is 33.3 Å². The summed E-state index contributed by atoms with van der Waals surface area (Å²) in [6.07, 6.45) is 0. The molecule has 32 heavy (non-hydrogen) atoms.